The average Bonchev–Trinajstić information content (AvgIpc) is 2.30. The summed E-state index contributed by atoms with van der Waals surface area (Å²) in [6.45, 7) is 11.8. The summed E-state index contributed by atoms with van der Waals surface area (Å²) in [5.41, 5.74) is 5.07. The predicted octanol–water partition coefficient (Wildman–Crippen LogP) is 2.57. The van der Waals surface area contributed by atoms with E-state index in [1.165, 1.54) is 38.9 Å². The fourth-order valence-electron chi connectivity index (χ4n) is 1.57. The fraction of sp³-hybridized carbons (Fsp3) is 0.692. The Hall–Kier alpha value is -0.600. The van der Waals surface area contributed by atoms with E-state index in [1.54, 1.807) is 6.08 Å². The second kappa shape index (κ2) is 11.5. The van der Waals surface area contributed by atoms with Gasteiger partial charge in [0.05, 0.1) is 0 Å². The van der Waals surface area contributed by atoms with Crippen LogP contribution in [0.25, 0.3) is 0 Å². The summed E-state index contributed by atoms with van der Waals surface area (Å²) in [4.78, 5) is 2.53. The van der Waals surface area contributed by atoms with Gasteiger partial charge >= 0.3 is 0 Å². The molecule has 0 saturated carbocycles. The highest BCUT2D eigenvalue weighted by molar-refractivity contribution is 4.71. The van der Waals surface area contributed by atoms with Crippen LogP contribution in [-0.4, -0.2) is 31.1 Å². The predicted molar refractivity (Wildman–Crippen MR) is 69.0 cm³/mol. The maximum Gasteiger partial charge on any atom is 0.00158 e. The molecule has 1 rings (SSSR count). The second-order valence-electron chi connectivity index (χ2n) is 3.85. The number of nitrogens with zero attached hydrogens (tertiary/aromatic N) is 1. The van der Waals surface area contributed by atoms with E-state index in [9.17, 15) is 0 Å². The molecule has 2 N–H and O–H groups in total. The number of hydrogen-bond acceptors (Lipinski definition) is 2. The summed E-state index contributed by atoms with van der Waals surface area (Å²) in [5.74, 6) is 0. The second-order valence-corrected chi connectivity index (χ2v) is 3.85. The van der Waals surface area contributed by atoms with Crippen molar-refractivity contribution in [3.05, 3.63) is 25.3 Å². The lowest BCUT2D eigenvalue weighted by Gasteiger charge is -2.25. The maximum absolute atomic E-state index is 5.07. The average molecular weight is 210 g/mol. The minimum Gasteiger partial charge on any atom is -0.330 e. The minimum atomic E-state index is 0.726. The number of hydrogen-bond donors (Lipinski definition) is 1. The number of piperidine rings is 1. The van der Waals surface area contributed by atoms with Gasteiger partial charge in [-0.25, -0.2) is 0 Å². The van der Waals surface area contributed by atoms with Crippen molar-refractivity contribution in [1.82, 2.24) is 4.90 Å². The molecule has 88 valence electrons. The summed E-state index contributed by atoms with van der Waals surface area (Å²) in [6, 6.07) is 0. The standard InChI is InChI=1S/C9H17N.C4H9N/c1-2-3-7-10-8-5-4-6-9-10;1-2-3-4-5/h2H,1,3-9H2;2H,1,3-5H2. The Morgan fingerprint density at radius 1 is 1.00 bits per heavy atom. The lowest BCUT2D eigenvalue weighted by Crippen LogP contribution is -2.30. The molecule has 2 heteroatoms. The van der Waals surface area contributed by atoms with Crippen LogP contribution in [0.5, 0.6) is 0 Å². The monoisotopic (exact) mass is 210 g/mol. The molecular weight excluding hydrogens is 184 g/mol. The molecule has 1 aliphatic heterocycles. The fourth-order valence-corrected chi connectivity index (χ4v) is 1.57. The highest BCUT2D eigenvalue weighted by Gasteiger charge is 2.07. The van der Waals surface area contributed by atoms with Crippen LogP contribution < -0.4 is 5.73 Å². The molecule has 0 aromatic rings. The topological polar surface area (TPSA) is 29.3 Å². The van der Waals surface area contributed by atoms with E-state index in [4.69, 9.17) is 5.73 Å². The first-order chi connectivity index (χ1) is 7.35. The summed E-state index contributed by atoms with van der Waals surface area (Å²) in [5, 5.41) is 0. The highest BCUT2D eigenvalue weighted by Crippen LogP contribution is 2.08. The van der Waals surface area contributed by atoms with Crippen LogP contribution in [0.1, 0.15) is 32.1 Å². The van der Waals surface area contributed by atoms with Gasteiger partial charge in [-0.3, -0.25) is 0 Å². The third-order valence-corrected chi connectivity index (χ3v) is 2.47. The first-order valence-electron chi connectivity index (χ1n) is 5.99. The zero-order chi connectivity index (χ0) is 11.4. The van der Waals surface area contributed by atoms with Gasteiger partial charge in [0.2, 0.25) is 0 Å². The van der Waals surface area contributed by atoms with E-state index in [2.05, 4.69) is 18.1 Å². The van der Waals surface area contributed by atoms with Crippen molar-refractivity contribution in [2.45, 2.75) is 32.1 Å². The molecule has 0 radical (unpaired) electrons. The lowest BCUT2D eigenvalue weighted by atomic mass is 10.1. The summed E-state index contributed by atoms with van der Waals surface area (Å²) >= 11 is 0. The Bertz CT molecular complexity index is 149. The highest BCUT2D eigenvalue weighted by atomic mass is 15.1. The van der Waals surface area contributed by atoms with Gasteiger partial charge in [-0.05, 0) is 45.3 Å². The van der Waals surface area contributed by atoms with Crippen molar-refractivity contribution in [3.63, 3.8) is 0 Å². The SMILES string of the molecule is C=CCCN.C=CCCN1CCCCC1. The van der Waals surface area contributed by atoms with Crippen LogP contribution in [-0.2, 0) is 0 Å². The van der Waals surface area contributed by atoms with Gasteiger partial charge in [0.1, 0.15) is 0 Å². The van der Waals surface area contributed by atoms with Crippen molar-refractivity contribution in [3.8, 4) is 0 Å². The van der Waals surface area contributed by atoms with Crippen LogP contribution in [0.2, 0.25) is 0 Å². The van der Waals surface area contributed by atoms with Crippen LogP contribution in [0, 0.1) is 0 Å². The Morgan fingerprint density at radius 3 is 2.00 bits per heavy atom. The molecule has 2 nitrogen and oxygen atoms in total. The van der Waals surface area contributed by atoms with Crippen LogP contribution in [0.15, 0.2) is 25.3 Å². The normalized spacial score (nSPS) is 16.3. The van der Waals surface area contributed by atoms with E-state index in [1.807, 2.05) is 6.08 Å². The molecule has 0 spiro atoms. The Kier molecular flexibility index (Phi) is 11.0. The molecule has 1 heterocycles. The van der Waals surface area contributed by atoms with E-state index in [0.717, 1.165) is 19.4 Å². The van der Waals surface area contributed by atoms with E-state index < -0.39 is 0 Å². The molecular formula is C13H26N2. The van der Waals surface area contributed by atoms with E-state index in [-0.39, 0.29) is 0 Å². The van der Waals surface area contributed by atoms with Crippen molar-refractivity contribution >= 4 is 0 Å². The zero-order valence-corrected chi connectivity index (χ0v) is 9.96. The van der Waals surface area contributed by atoms with E-state index >= 15 is 0 Å². The molecule has 0 aromatic carbocycles. The largest absolute Gasteiger partial charge is 0.330 e. The maximum atomic E-state index is 5.07. The molecule has 15 heavy (non-hydrogen) atoms. The van der Waals surface area contributed by atoms with Gasteiger partial charge in [-0.15, -0.1) is 13.2 Å². The van der Waals surface area contributed by atoms with Gasteiger partial charge in [0, 0.05) is 6.54 Å². The third kappa shape index (κ3) is 9.70. The summed E-state index contributed by atoms with van der Waals surface area (Å²) in [6.07, 6.45) is 10.1. The van der Waals surface area contributed by atoms with Gasteiger partial charge in [-0.1, -0.05) is 18.6 Å². The molecule has 0 aromatic heterocycles. The first kappa shape index (κ1) is 14.4. The Morgan fingerprint density at radius 2 is 1.60 bits per heavy atom. The van der Waals surface area contributed by atoms with Crippen molar-refractivity contribution in [1.29, 1.82) is 0 Å². The first-order valence-corrected chi connectivity index (χ1v) is 5.99. The van der Waals surface area contributed by atoms with Crippen LogP contribution in [0.4, 0.5) is 0 Å². The summed E-state index contributed by atoms with van der Waals surface area (Å²) in [7, 11) is 0. The van der Waals surface area contributed by atoms with Gasteiger partial charge in [0.15, 0.2) is 0 Å². The molecule has 0 atom stereocenters. The van der Waals surface area contributed by atoms with Crippen molar-refractivity contribution in [2.75, 3.05) is 26.2 Å². The molecule has 0 unspecified atom stereocenters. The number of nitrogens with two attached hydrogens (primary N) is 1. The molecule has 1 fully saturated rings. The quantitative estimate of drug-likeness (QED) is 0.707. The van der Waals surface area contributed by atoms with Crippen molar-refractivity contribution < 1.29 is 0 Å². The third-order valence-electron chi connectivity index (χ3n) is 2.47. The molecule has 1 saturated heterocycles. The molecule has 0 bridgehead atoms. The van der Waals surface area contributed by atoms with Gasteiger partial charge < -0.3 is 10.6 Å². The molecule has 0 aliphatic carbocycles. The number of likely N-dealkylation sites (tertiary alicyclic amines) is 1. The van der Waals surface area contributed by atoms with Crippen LogP contribution >= 0.6 is 0 Å². The van der Waals surface area contributed by atoms with Gasteiger partial charge in [-0.2, -0.15) is 0 Å². The smallest absolute Gasteiger partial charge is 0.00158 e. The Balaban J connectivity index is 0.000000336. The van der Waals surface area contributed by atoms with E-state index in [0.29, 0.717) is 0 Å². The van der Waals surface area contributed by atoms with Gasteiger partial charge in [0.25, 0.3) is 0 Å². The minimum absolute atomic E-state index is 0.726. The zero-order valence-electron chi connectivity index (χ0n) is 9.96. The molecule has 0 amide bonds. The lowest BCUT2D eigenvalue weighted by molar-refractivity contribution is 0.233. The summed E-state index contributed by atoms with van der Waals surface area (Å²) < 4.78 is 0. The van der Waals surface area contributed by atoms with Crippen molar-refractivity contribution in [2.24, 2.45) is 5.73 Å². The molecule has 1 aliphatic rings. The number of rotatable bonds is 5. The van der Waals surface area contributed by atoms with Crippen LogP contribution in [0.3, 0.4) is 0 Å². The Labute approximate surface area is 94.8 Å².